The Balaban J connectivity index is 1.76. The predicted octanol–water partition coefficient (Wildman–Crippen LogP) is 6.09. The quantitative estimate of drug-likeness (QED) is 0.380. The summed E-state index contributed by atoms with van der Waals surface area (Å²) >= 11 is 0. The van der Waals surface area contributed by atoms with Crippen LogP contribution in [-0.2, 0) is 5.41 Å². The summed E-state index contributed by atoms with van der Waals surface area (Å²) in [6, 6.07) is 22.3. The van der Waals surface area contributed by atoms with Gasteiger partial charge in [-0.05, 0) is 34.9 Å². The van der Waals surface area contributed by atoms with E-state index in [9.17, 15) is 5.11 Å². The molecule has 0 bridgehead atoms. The van der Waals surface area contributed by atoms with Crippen LogP contribution in [0.1, 0.15) is 26.5 Å². The van der Waals surface area contributed by atoms with Gasteiger partial charge >= 0.3 is 0 Å². The second-order valence-corrected chi connectivity index (χ2v) is 8.73. The summed E-state index contributed by atoms with van der Waals surface area (Å²) in [7, 11) is 0. The third-order valence-electron chi connectivity index (χ3n) is 5.54. The molecule has 5 rings (SSSR count). The van der Waals surface area contributed by atoms with Crippen molar-refractivity contribution in [2.75, 3.05) is 0 Å². The first-order valence-corrected chi connectivity index (χ1v) is 10.3. The maximum Gasteiger partial charge on any atom is 0.222 e. The molecule has 3 heterocycles. The SMILES string of the molecule is CC(C)(C)c1n[nH]c2c(O)n(-c3ccc(-c4cccnc4)cc3)c(-c3ccccc3)c12. The van der Waals surface area contributed by atoms with Crippen LogP contribution in [0, 0.1) is 0 Å². The number of aromatic amines is 1. The van der Waals surface area contributed by atoms with Gasteiger partial charge in [-0.3, -0.25) is 14.6 Å². The van der Waals surface area contributed by atoms with Gasteiger partial charge in [0.15, 0.2) is 0 Å². The fourth-order valence-corrected chi connectivity index (χ4v) is 4.06. The minimum Gasteiger partial charge on any atom is -0.493 e. The molecule has 0 radical (unpaired) electrons. The summed E-state index contributed by atoms with van der Waals surface area (Å²) in [5.41, 5.74) is 6.38. The van der Waals surface area contributed by atoms with E-state index in [4.69, 9.17) is 0 Å². The molecule has 154 valence electrons. The second kappa shape index (κ2) is 7.13. The summed E-state index contributed by atoms with van der Waals surface area (Å²) < 4.78 is 1.90. The Morgan fingerprint density at radius 3 is 2.19 bits per heavy atom. The van der Waals surface area contributed by atoms with Crippen LogP contribution in [0.5, 0.6) is 5.88 Å². The highest BCUT2D eigenvalue weighted by molar-refractivity contribution is 6.01. The van der Waals surface area contributed by atoms with E-state index in [-0.39, 0.29) is 11.3 Å². The minimum atomic E-state index is -0.176. The number of nitrogens with one attached hydrogen (secondary N) is 1. The first-order chi connectivity index (χ1) is 14.9. The van der Waals surface area contributed by atoms with Gasteiger partial charge in [0.05, 0.1) is 16.8 Å². The average Bonchev–Trinajstić information content (AvgIpc) is 3.34. The number of aromatic hydroxyl groups is 1. The van der Waals surface area contributed by atoms with Gasteiger partial charge in [0, 0.05) is 23.5 Å². The molecule has 0 atom stereocenters. The van der Waals surface area contributed by atoms with E-state index in [1.54, 1.807) is 6.20 Å². The molecule has 5 aromatic rings. The van der Waals surface area contributed by atoms with E-state index in [2.05, 4.69) is 60.2 Å². The molecule has 0 unspecified atom stereocenters. The highest BCUT2D eigenvalue weighted by Gasteiger charge is 2.29. The van der Waals surface area contributed by atoms with Crippen LogP contribution in [0.15, 0.2) is 79.1 Å². The van der Waals surface area contributed by atoms with Crippen LogP contribution in [0.2, 0.25) is 0 Å². The van der Waals surface area contributed by atoms with Gasteiger partial charge in [-0.2, -0.15) is 5.10 Å². The molecular weight excluding hydrogens is 384 g/mol. The van der Waals surface area contributed by atoms with Crippen molar-refractivity contribution >= 4 is 10.9 Å². The maximum atomic E-state index is 11.2. The highest BCUT2D eigenvalue weighted by atomic mass is 16.3. The van der Waals surface area contributed by atoms with E-state index in [1.807, 2.05) is 53.2 Å². The monoisotopic (exact) mass is 408 g/mol. The predicted molar refractivity (Wildman–Crippen MR) is 124 cm³/mol. The summed E-state index contributed by atoms with van der Waals surface area (Å²) in [5.74, 6) is 0.158. The lowest BCUT2D eigenvalue weighted by molar-refractivity contribution is 0.447. The Labute approximate surface area is 181 Å². The lowest BCUT2D eigenvalue weighted by Crippen LogP contribution is -2.12. The van der Waals surface area contributed by atoms with Crippen molar-refractivity contribution in [1.82, 2.24) is 19.7 Å². The molecule has 5 heteroatoms. The van der Waals surface area contributed by atoms with Crippen LogP contribution in [-0.4, -0.2) is 24.9 Å². The van der Waals surface area contributed by atoms with Crippen molar-refractivity contribution in [2.24, 2.45) is 0 Å². The van der Waals surface area contributed by atoms with E-state index in [0.29, 0.717) is 5.52 Å². The summed E-state index contributed by atoms with van der Waals surface area (Å²) in [6.07, 6.45) is 3.62. The third kappa shape index (κ3) is 3.19. The Morgan fingerprint density at radius 2 is 1.55 bits per heavy atom. The Hall–Kier alpha value is -3.86. The summed E-state index contributed by atoms with van der Waals surface area (Å²) in [4.78, 5) is 4.21. The molecule has 31 heavy (non-hydrogen) atoms. The molecular formula is C26H24N4O. The lowest BCUT2D eigenvalue weighted by atomic mass is 9.89. The van der Waals surface area contributed by atoms with Crippen molar-refractivity contribution in [3.63, 3.8) is 0 Å². The topological polar surface area (TPSA) is 66.7 Å². The van der Waals surface area contributed by atoms with Crippen LogP contribution in [0.25, 0.3) is 39.0 Å². The Morgan fingerprint density at radius 1 is 0.839 bits per heavy atom. The largest absolute Gasteiger partial charge is 0.493 e. The van der Waals surface area contributed by atoms with Crippen molar-refractivity contribution in [2.45, 2.75) is 26.2 Å². The van der Waals surface area contributed by atoms with Crippen molar-refractivity contribution < 1.29 is 5.11 Å². The molecule has 2 N–H and O–H groups in total. The van der Waals surface area contributed by atoms with E-state index >= 15 is 0 Å². The van der Waals surface area contributed by atoms with Gasteiger partial charge in [0.25, 0.3) is 0 Å². The smallest absolute Gasteiger partial charge is 0.222 e. The second-order valence-electron chi connectivity index (χ2n) is 8.73. The van der Waals surface area contributed by atoms with Gasteiger partial charge in [-0.15, -0.1) is 0 Å². The number of pyridine rings is 1. The molecule has 0 spiro atoms. The average molecular weight is 409 g/mol. The molecule has 0 saturated carbocycles. The van der Waals surface area contributed by atoms with Crippen LogP contribution in [0.4, 0.5) is 0 Å². The number of nitrogens with zero attached hydrogens (tertiary/aromatic N) is 3. The lowest BCUT2D eigenvalue weighted by Gasteiger charge is -2.17. The zero-order valence-corrected chi connectivity index (χ0v) is 17.8. The zero-order valence-electron chi connectivity index (χ0n) is 17.8. The summed E-state index contributed by atoms with van der Waals surface area (Å²) in [6.45, 7) is 6.40. The molecule has 3 aromatic heterocycles. The minimum absolute atomic E-state index is 0.158. The molecule has 0 aliphatic rings. The van der Waals surface area contributed by atoms with E-state index in [0.717, 1.165) is 39.2 Å². The number of benzene rings is 2. The fourth-order valence-electron chi connectivity index (χ4n) is 4.06. The van der Waals surface area contributed by atoms with Crippen LogP contribution in [0.3, 0.4) is 0 Å². The fraction of sp³-hybridized carbons (Fsp3) is 0.154. The highest BCUT2D eigenvalue weighted by Crippen LogP contribution is 2.43. The van der Waals surface area contributed by atoms with Gasteiger partial charge in [-0.25, -0.2) is 0 Å². The van der Waals surface area contributed by atoms with Gasteiger partial charge in [0.2, 0.25) is 5.88 Å². The normalized spacial score (nSPS) is 11.8. The van der Waals surface area contributed by atoms with Crippen LogP contribution < -0.4 is 0 Å². The van der Waals surface area contributed by atoms with Gasteiger partial charge in [0.1, 0.15) is 5.52 Å². The van der Waals surface area contributed by atoms with Crippen molar-refractivity contribution in [3.8, 4) is 34.0 Å². The first-order valence-electron chi connectivity index (χ1n) is 10.3. The van der Waals surface area contributed by atoms with Crippen LogP contribution >= 0.6 is 0 Å². The van der Waals surface area contributed by atoms with Crippen molar-refractivity contribution in [1.29, 1.82) is 0 Å². The van der Waals surface area contributed by atoms with Gasteiger partial charge < -0.3 is 5.11 Å². The zero-order chi connectivity index (χ0) is 21.6. The molecule has 2 aromatic carbocycles. The standard InChI is InChI=1S/C26H24N4O/c1-26(2,3)24-21-22(28-29-24)25(31)30(23(21)18-8-5-4-6-9-18)20-13-11-17(12-14-20)19-10-7-15-27-16-19/h4-16,28,31H,1-3H3. The number of aromatic nitrogens is 4. The first kappa shape index (κ1) is 19.1. The van der Waals surface area contributed by atoms with E-state index in [1.165, 1.54) is 0 Å². The molecule has 0 saturated heterocycles. The van der Waals surface area contributed by atoms with Crippen molar-refractivity contribution in [3.05, 3.63) is 84.8 Å². The number of H-pyrrole nitrogens is 1. The number of rotatable bonds is 3. The number of hydrogen-bond donors (Lipinski definition) is 2. The Bertz CT molecular complexity index is 1340. The third-order valence-corrected chi connectivity index (χ3v) is 5.54. The molecule has 0 aliphatic heterocycles. The summed E-state index contributed by atoms with van der Waals surface area (Å²) in [5, 5.41) is 19.8. The molecule has 0 amide bonds. The Kier molecular flexibility index (Phi) is 4.40. The van der Waals surface area contributed by atoms with Gasteiger partial charge in [-0.1, -0.05) is 69.3 Å². The maximum absolute atomic E-state index is 11.2. The number of fused-ring (bicyclic) bond motifs is 1. The molecule has 0 fully saturated rings. The van der Waals surface area contributed by atoms with E-state index < -0.39 is 0 Å². The molecule has 5 nitrogen and oxygen atoms in total. The number of hydrogen-bond acceptors (Lipinski definition) is 3. The molecule has 0 aliphatic carbocycles.